The molecular formula is C19H26N4. The van der Waals surface area contributed by atoms with Gasteiger partial charge in [-0.3, -0.25) is 14.5 Å². The molecule has 0 spiro atoms. The number of benzene rings is 1. The predicted octanol–water partition coefficient (Wildman–Crippen LogP) is 1.98. The van der Waals surface area contributed by atoms with Crippen LogP contribution in [0.4, 0.5) is 0 Å². The summed E-state index contributed by atoms with van der Waals surface area (Å²) in [5.41, 5.74) is 4.38. The highest BCUT2D eigenvalue weighted by Gasteiger charge is 2.28. The van der Waals surface area contributed by atoms with Crippen LogP contribution in [0, 0.1) is 6.92 Å². The summed E-state index contributed by atoms with van der Waals surface area (Å²) in [6.07, 6.45) is 4.37. The smallest absolute Gasteiger partial charge is 0.0539 e. The van der Waals surface area contributed by atoms with Crippen molar-refractivity contribution in [2.24, 2.45) is 0 Å². The van der Waals surface area contributed by atoms with Gasteiger partial charge in [0.05, 0.1) is 6.54 Å². The van der Waals surface area contributed by atoms with Crippen LogP contribution in [0.15, 0.2) is 36.5 Å². The van der Waals surface area contributed by atoms with E-state index in [0.717, 1.165) is 19.1 Å². The Bertz CT molecular complexity index is 630. The SMILES string of the molecule is Cc1ccnn1CCN1CCN(C2Cc3ccccc3C2)CC1. The Kier molecular flexibility index (Phi) is 4.19. The highest BCUT2D eigenvalue weighted by Crippen LogP contribution is 2.26. The third-order valence-electron chi connectivity index (χ3n) is 5.51. The first-order chi connectivity index (χ1) is 11.3. The van der Waals surface area contributed by atoms with Crippen molar-refractivity contribution < 1.29 is 0 Å². The topological polar surface area (TPSA) is 24.3 Å². The number of fused-ring (bicyclic) bond motifs is 1. The van der Waals surface area contributed by atoms with E-state index in [-0.39, 0.29) is 0 Å². The van der Waals surface area contributed by atoms with Gasteiger partial charge in [-0.15, -0.1) is 0 Å². The lowest BCUT2D eigenvalue weighted by Gasteiger charge is -2.38. The van der Waals surface area contributed by atoms with Gasteiger partial charge in [0.2, 0.25) is 0 Å². The number of rotatable bonds is 4. The molecule has 4 heteroatoms. The molecule has 1 saturated heterocycles. The van der Waals surface area contributed by atoms with Crippen molar-refractivity contribution in [2.75, 3.05) is 32.7 Å². The van der Waals surface area contributed by atoms with E-state index in [9.17, 15) is 0 Å². The van der Waals surface area contributed by atoms with Gasteiger partial charge in [0.1, 0.15) is 0 Å². The number of hydrogen-bond acceptors (Lipinski definition) is 3. The Morgan fingerprint density at radius 3 is 2.26 bits per heavy atom. The summed E-state index contributed by atoms with van der Waals surface area (Å²) < 4.78 is 2.11. The summed E-state index contributed by atoms with van der Waals surface area (Å²) in [5, 5.41) is 4.38. The van der Waals surface area contributed by atoms with E-state index in [0.29, 0.717) is 0 Å². The fraction of sp³-hybridized carbons (Fsp3) is 0.526. The highest BCUT2D eigenvalue weighted by atomic mass is 15.3. The quantitative estimate of drug-likeness (QED) is 0.863. The molecule has 4 nitrogen and oxygen atoms in total. The highest BCUT2D eigenvalue weighted by molar-refractivity contribution is 5.33. The van der Waals surface area contributed by atoms with Crippen LogP contribution in [0.3, 0.4) is 0 Å². The summed E-state index contributed by atoms with van der Waals surface area (Å²) in [7, 11) is 0. The van der Waals surface area contributed by atoms with Crippen LogP contribution in [0.25, 0.3) is 0 Å². The lowest BCUT2D eigenvalue weighted by atomic mass is 10.1. The van der Waals surface area contributed by atoms with Gasteiger partial charge in [0, 0.05) is 50.7 Å². The molecule has 4 rings (SSSR count). The first-order valence-electron chi connectivity index (χ1n) is 8.81. The molecule has 0 radical (unpaired) electrons. The van der Waals surface area contributed by atoms with Crippen molar-refractivity contribution in [2.45, 2.75) is 32.4 Å². The molecule has 23 heavy (non-hydrogen) atoms. The fourth-order valence-electron chi connectivity index (χ4n) is 4.01. The predicted molar refractivity (Wildman–Crippen MR) is 92.6 cm³/mol. The molecule has 2 aliphatic rings. The normalized spacial score (nSPS) is 20.0. The lowest BCUT2D eigenvalue weighted by Crippen LogP contribution is -2.51. The van der Waals surface area contributed by atoms with Crippen LogP contribution in [0.1, 0.15) is 16.8 Å². The van der Waals surface area contributed by atoms with Crippen LogP contribution < -0.4 is 0 Å². The zero-order valence-electron chi connectivity index (χ0n) is 14.0. The standard InChI is InChI=1S/C19H26N4/c1-16-6-7-20-23(16)13-10-21-8-11-22(12-9-21)19-14-17-4-2-3-5-18(17)15-19/h2-7,19H,8-15H2,1H3. The first kappa shape index (κ1) is 14.9. The maximum atomic E-state index is 4.38. The number of aromatic nitrogens is 2. The maximum Gasteiger partial charge on any atom is 0.0539 e. The molecule has 1 aromatic carbocycles. The van der Waals surface area contributed by atoms with Crippen molar-refractivity contribution in [3.05, 3.63) is 53.3 Å². The molecule has 0 atom stereocenters. The molecule has 0 N–H and O–H groups in total. The van der Waals surface area contributed by atoms with E-state index in [4.69, 9.17) is 0 Å². The summed E-state index contributed by atoms with van der Waals surface area (Å²) in [6.45, 7) is 9.03. The Hall–Kier alpha value is -1.65. The monoisotopic (exact) mass is 310 g/mol. The second kappa shape index (κ2) is 6.46. The third-order valence-corrected chi connectivity index (χ3v) is 5.51. The van der Waals surface area contributed by atoms with E-state index >= 15 is 0 Å². The van der Waals surface area contributed by atoms with Crippen LogP contribution >= 0.6 is 0 Å². The molecule has 0 amide bonds. The van der Waals surface area contributed by atoms with Crippen LogP contribution in [-0.2, 0) is 19.4 Å². The molecule has 1 aromatic heterocycles. The molecule has 1 aliphatic carbocycles. The summed E-state index contributed by atoms with van der Waals surface area (Å²) in [6, 6.07) is 11.8. The minimum atomic E-state index is 0.725. The maximum absolute atomic E-state index is 4.38. The summed E-state index contributed by atoms with van der Waals surface area (Å²) in [4.78, 5) is 5.29. The van der Waals surface area contributed by atoms with Gasteiger partial charge in [-0.25, -0.2) is 0 Å². The van der Waals surface area contributed by atoms with Gasteiger partial charge in [-0.05, 0) is 37.0 Å². The van der Waals surface area contributed by atoms with Crippen molar-refractivity contribution >= 4 is 0 Å². The number of aryl methyl sites for hydroxylation is 1. The Labute approximate surface area is 138 Å². The average molecular weight is 310 g/mol. The van der Waals surface area contributed by atoms with Gasteiger partial charge in [-0.1, -0.05) is 24.3 Å². The van der Waals surface area contributed by atoms with E-state index in [1.807, 2.05) is 6.20 Å². The van der Waals surface area contributed by atoms with Crippen molar-refractivity contribution in [3.8, 4) is 0 Å². The second-order valence-electron chi connectivity index (χ2n) is 6.90. The van der Waals surface area contributed by atoms with E-state index in [1.54, 1.807) is 11.1 Å². The first-order valence-corrected chi connectivity index (χ1v) is 8.81. The molecule has 1 fully saturated rings. The van der Waals surface area contributed by atoms with Gasteiger partial charge < -0.3 is 0 Å². The van der Waals surface area contributed by atoms with Crippen molar-refractivity contribution in [3.63, 3.8) is 0 Å². The summed E-state index contributed by atoms with van der Waals surface area (Å²) in [5.74, 6) is 0. The zero-order chi connectivity index (χ0) is 15.6. The van der Waals surface area contributed by atoms with Crippen LogP contribution in [0.5, 0.6) is 0 Å². The van der Waals surface area contributed by atoms with Crippen molar-refractivity contribution in [1.82, 2.24) is 19.6 Å². The molecule has 122 valence electrons. The minimum absolute atomic E-state index is 0.725. The molecule has 2 aromatic rings. The van der Waals surface area contributed by atoms with Gasteiger partial charge in [0.25, 0.3) is 0 Å². The fourth-order valence-corrected chi connectivity index (χ4v) is 4.01. The molecule has 0 unspecified atom stereocenters. The van der Waals surface area contributed by atoms with Crippen LogP contribution in [0.2, 0.25) is 0 Å². The van der Waals surface area contributed by atoms with Gasteiger partial charge >= 0.3 is 0 Å². The number of nitrogens with zero attached hydrogens (tertiary/aromatic N) is 4. The number of piperazine rings is 1. The Balaban J connectivity index is 1.26. The molecular weight excluding hydrogens is 284 g/mol. The average Bonchev–Trinajstić information content (AvgIpc) is 3.19. The second-order valence-corrected chi connectivity index (χ2v) is 6.90. The minimum Gasteiger partial charge on any atom is -0.299 e. The van der Waals surface area contributed by atoms with E-state index < -0.39 is 0 Å². The molecule has 1 aliphatic heterocycles. The lowest BCUT2D eigenvalue weighted by molar-refractivity contribution is 0.0961. The number of hydrogen-bond donors (Lipinski definition) is 0. The third kappa shape index (κ3) is 3.19. The zero-order valence-corrected chi connectivity index (χ0v) is 14.0. The summed E-state index contributed by atoms with van der Waals surface area (Å²) >= 11 is 0. The molecule has 0 bridgehead atoms. The Morgan fingerprint density at radius 2 is 1.65 bits per heavy atom. The Morgan fingerprint density at radius 1 is 0.957 bits per heavy atom. The van der Waals surface area contributed by atoms with Crippen molar-refractivity contribution in [1.29, 1.82) is 0 Å². The largest absolute Gasteiger partial charge is 0.299 e. The van der Waals surface area contributed by atoms with Crippen LogP contribution in [-0.4, -0.2) is 58.3 Å². The molecule has 2 heterocycles. The van der Waals surface area contributed by atoms with E-state index in [2.05, 4.69) is 56.8 Å². The molecule has 0 saturated carbocycles. The van der Waals surface area contributed by atoms with E-state index in [1.165, 1.54) is 44.7 Å². The van der Waals surface area contributed by atoms with Gasteiger partial charge in [-0.2, -0.15) is 5.10 Å². The van der Waals surface area contributed by atoms with Gasteiger partial charge in [0.15, 0.2) is 0 Å².